The normalized spacial score (nSPS) is 26.6. The van der Waals surface area contributed by atoms with Gasteiger partial charge >= 0.3 is 7.82 Å². The largest absolute Gasteiger partial charge is 0.524 e. The number of allylic oxidation sites excluding steroid dienone is 3. The summed E-state index contributed by atoms with van der Waals surface area (Å²) in [4.78, 5) is 21.9. The van der Waals surface area contributed by atoms with E-state index in [0.29, 0.717) is 5.71 Å². The molecule has 0 spiro atoms. The molecule has 0 aromatic rings. The van der Waals surface area contributed by atoms with Gasteiger partial charge < -0.3 is 9.84 Å². The van der Waals surface area contributed by atoms with Crippen LogP contribution in [0, 0.1) is 0 Å². The number of aliphatic imine (C=N–C) groups is 1. The molecule has 17 heavy (non-hydrogen) atoms. The lowest BCUT2D eigenvalue weighted by atomic mass is 9.92. The second-order valence-corrected chi connectivity index (χ2v) is 5.20. The van der Waals surface area contributed by atoms with Crippen LogP contribution in [0.1, 0.15) is 6.42 Å². The van der Waals surface area contributed by atoms with Crippen LogP contribution in [0.2, 0.25) is 0 Å². The number of nitrogens with zero attached hydrogens (tertiary/aromatic N) is 1. The van der Waals surface area contributed by atoms with Crippen molar-refractivity contribution in [3.63, 3.8) is 0 Å². The minimum atomic E-state index is -4.53. The lowest BCUT2D eigenvalue weighted by Gasteiger charge is -2.23. The lowest BCUT2D eigenvalue weighted by Crippen LogP contribution is -2.30. The van der Waals surface area contributed by atoms with Gasteiger partial charge in [0.05, 0.1) is 11.8 Å². The van der Waals surface area contributed by atoms with Gasteiger partial charge in [-0.05, 0) is 24.6 Å². The zero-order valence-corrected chi connectivity index (χ0v) is 9.72. The Morgan fingerprint density at radius 1 is 1.53 bits per heavy atom. The van der Waals surface area contributed by atoms with Gasteiger partial charge in [-0.3, -0.25) is 14.8 Å². The molecule has 90 valence electrons. The highest BCUT2D eigenvalue weighted by molar-refractivity contribution is 7.46. The van der Waals surface area contributed by atoms with Crippen molar-refractivity contribution < 1.29 is 18.9 Å². The SMILES string of the molecule is O=P(O)(O)OC1=CC2=NC=CC2=C2CCNC12. The third-order valence-electron chi connectivity index (χ3n) is 2.96. The minimum Gasteiger partial charge on any atom is -0.407 e. The summed E-state index contributed by atoms with van der Waals surface area (Å²) in [5.74, 6) is 0.247. The molecule has 1 saturated heterocycles. The molecular weight excluding hydrogens is 243 g/mol. The predicted molar refractivity (Wildman–Crippen MR) is 61.2 cm³/mol. The van der Waals surface area contributed by atoms with Crippen molar-refractivity contribution in [3.8, 4) is 0 Å². The summed E-state index contributed by atoms with van der Waals surface area (Å²) < 4.78 is 15.6. The number of fused-ring (bicyclic) bond motifs is 2. The first-order valence-electron chi connectivity index (χ1n) is 5.22. The highest BCUT2D eigenvalue weighted by Crippen LogP contribution is 2.43. The van der Waals surface area contributed by atoms with E-state index < -0.39 is 7.82 Å². The van der Waals surface area contributed by atoms with Crippen molar-refractivity contribution in [1.29, 1.82) is 0 Å². The molecule has 3 aliphatic rings. The molecule has 1 aliphatic carbocycles. The fourth-order valence-electron chi connectivity index (χ4n) is 2.35. The number of rotatable bonds is 2. The fourth-order valence-corrected chi connectivity index (χ4v) is 2.78. The van der Waals surface area contributed by atoms with E-state index in [1.54, 1.807) is 12.3 Å². The van der Waals surface area contributed by atoms with Crippen molar-refractivity contribution in [2.75, 3.05) is 6.54 Å². The molecule has 3 rings (SSSR count). The molecule has 6 nitrogen and oxygen atoms in total. The fraction of sp³-hybridized carbons (Fsp3) is 0.300. The van der Waals surface area contributed by atoms with Crippen LogP contribution in [0.5, 0.6) is 0 Å². The zero-order valence-electron chi connectivity index (χ0n) is 8.83. The van der Waals surface area contributed by atoms with Gasteiger partial charge in [-0.1, -0.05) is 0 Å². The maximum Gasteiger partial charge on any atom is 0.524 e. The molecule has 7 heteroatoms. The predicted octanol–water partition coefficient (Wildman–Crippen LogP) is 0.620. The summed E-state index contributed by atoms with van der Waals surface area (Å²) in [5.41, 5.74) is 2.84. The first-order chi connectivity index (χ1) is 8.04. The third kappa shape index (κ3) is 1.89. The Morgan fingerprint density at radius 2 is 2.35 bits per heavy atom. The van der Waals surface area contributed by atoms with E-state index in [9.17, 15) is 4.57 Å². The summed E-state index contributed by atoms with van der Waals surface area (Å²) in [7, 11) is -4.53. The van der Waals surface area contributed by atoms with Gasteiger partial charge in [-0.15, -0.1) is 0 Å². The quantitative estimate of drug-likeness (QED) is 0.628. The second kappa shape index (κ2) is 3.65. The number of phosphoric ester groups is 1. The van der Waals surface area contributed by atoms with E-state index in [4.69, 9.17) is 14.3 Å². The summed E-state index contributed by atoms with van der Waals surface area (Å²) in [6.07, 6.45) is 6.02. The van der Waals surface area contributed by atoms with Gasteiger partial charge in [-0.25, -0.2) is 4.57 Å². The highest BCUT2D eigenvalue weighted by atomic mass is 31.2. The molecule has 0 aromatic heterocycles. The van der Waals surface area contributed by atoms with Crippen molar-refractivity contribution in [3.05, 3.63) is 35.3 Å². The Labute approximate surface area is 97.6 Å². The Kier molecular flexibility index (Phi) is 2.34. The molecule has 1 atom stereocenters. The number of phosphoric acid groups is 1. The summed E-state index contributed by atoms with van der Waals surface area (Å²) in [6, 6.07) is -0.237. The molecule has 3 N–H and O–H groups in total. The van der Waals surface area contributed by atoms with Crippen molar-refractivity contribution in [2.24, 2.45) is 4.99 Å². The summed E-state index contributed by atoms with van der Waals surface area (Å²) >= 11 is 0. The van der Waals surface area contributed by atoms with Crippen LogP contribution >= 0.6 is 7.82 Å². The summed E-state index contributed by atoms with van der Waals surface area (Å²) in [5, 5.41) is 3.16. The van der Waals surface area contributed by atoms with Gasteiger partial charge in [0.2, 0.25) is 0 Å². The first-order valence-corrected chi connectivity index (χ1v) is 6.75. The Bertz CT molecular complexity index is 541. The molecule has 1 unspecified atom stereocenters. The molecule has 0 saturated carbocycles. The van der Waals surface area contributed by atoms with E-state index in [1.807, 2.05) is 6.08 Å². The van der Waals surface area contributed by atoms with Crippen molar-refractivity contribution in [2.45, 2.75) is 12.5 Å². The Hall–Kier alpha value is -1.20. The van der Waals surface area contributed by atoms with E-state index >= 15 is 0 Å². The standard InChI is InChI=1S/C10H11N2O4P/c13-17(14,15)16-9-5-8-6(1-3-11-8)7-2-4-12-10(7)9/h1,3,5,10,12H,2,4H2,(H2,13,14,15). The number of nitrogens with one attached hydrogen (secondary N) is 1. The number of hydrogen-bond donors (Lipinski definition) is 3. The van der Waals surface area contributed by atoms with E-state index in [2.05, 4.69) is 10.3 Å². The Balaban J connectivity index is 2.00. The van der Waals surface area contributed by atoms with Gasteiger partial charge in [0.15, 0.2) is 0 Å². The van der Waals surface area contributed by atoms with Gasteiger partial charge in [0.25, 0.3) is 0 Å². The minimum absolute atomic E-state index is 0.237. The maximum atomic E-state index is 10.9. The smallest absolute Gasteiger partial charge is 0.407 e. The van der Waals surface area contributed by atoms with E-state index in [0.717, 1.165) is 24.1 Å². The lowest BCUT2D eigenvalue weighted by molar-refractivity contribution is 0.232. The summed E-state index contributed by atoms with van der Waals surface area (Å²) in [6.45, 7) is 0.770. The van der Waals surface area contributed by atoms with Crippen LogP contribution in [-0.4, -0.2) is 28.1 Å². The van der Waals surface area contributed by atoms with Crippen molar-refractivity contribution >= 4 is 13.5 Å². The average molecular weight is 254 g/mol. The van der Waals surface area contributed by atoms with Crippen LogP contribution in [0.3, 0.4) is 0 Å². The second-order valence-electron chi connectivity index (χ2n) is 4.03. The van der Waals surface area contributed by atoms with Gasteiger partial charge in [-0.2, -0.15) is 0 Å². The molecule has 0 amide bonds. The van der Waals surface area contributed by atoms with Gasteiger partial charge in [0, 0.05) is 17.8 Å². The highest BCUT2D eigenvalue weighted by Gasteiger charge is 2.36. The molecule has 0 radical (unpaired) electrons. The van der Waals surface area contributed by atoms with E-state index in [-0.39, 0.29) is 11.8 Å². The van der Waals surface area contributed by atoms with Crippen molar-refractivity contribution in [1.82, 2.24) is 5.32 Å². The average Bonchev–Trinajstić information content (AvgIpc) is 2.79. The van der Waals surface area contributed by atoms with Crippen LogP contribution in [0.15, 0.2) is 40.2 Å². The molecule has 0 bridgehead atoms. The van der Waals surface area contributed by atoms with Crippen LogP contribution in [0.4, 0.5) is 0 Å². The Morgan fingerprint density at radius 3 is 3.12 bits per heavy atom. The first kappa shape index (κ1) is 10.9. The molecule has 2 heterocycles. The van der Waals surface area contributed by atoms with E-state index in [1.165, 1.54) is 0 Å². The monoisotopic (exact) mass is 254 g/mol. The van der Waals surface area contributed by atoms with Crippen LogP contribution in [-0.2, 0) is 9.09 Å². The third-order valence-corrected chi connectivity index (χ3v) is 3.40. The molecular formula is C10H11N2O4P. The topological polar surface area (TPSA) is 91.2 Å². The molecule has 2 aliphatic heterocycles. The van der Waals surface area contributed by atoms with Gasteiger partial charge in [0.1, 0.15) is 5.76 Å². The zero-order chi connectivity index (χ0) is 12.0. The molecule has 0 aromatic carbocycles. The van der Waals surface area contributed by atoms with Crippen LogP contribution < -0.4 is 5.32 Å². The number of hydrogen-bond acceptors (Lipinski definition) is 4. The maximum absolute atomic E-state index is 10.9. The van der Waals surface area contributed by atoms with Crippen LogP contribution in [0.25, 0.3) is 0 Å². The molecule has 1 fully saturated rings.